The van der Waals surface area contributed by atoms with Crippen molar-refractivity contribution >= 4 is 33.9 Å². The van der Waals surface area contributed by atoms with Gasteiger partial charge in [0.1, 0.15) is 12.0 Å². The number of amides is 2. The molecule has 0 heterocycles. The van der Waals surface area contributed by atoms with E-state index in [2.05, 4.69) is 15.9 Å². The van der Waals surface area contributed by atoms with Crippen molar-refractivity contribution in [2.45, 2.75) is 19.9 Å². The van der Waals surface area contributed by atoms with Gasteiger partial charge in [-0.05, 0) is 48.4 Å². The molecule has 5 nitrogen and oxygen atoms in total. The molecule has 2 amide bonds. The molecule has 0 aliphatic carbocycles. The SMILES string of the molecule is COc1ccc(CN(C)C(=O)N(CCC=O)c2ccc(Br)cc2C)cc1. The maximum Gasteiger partial charge on any atom is 0.324 e. The van der Waals surface area contributed by atoms with Crippen molar-refractivity contribution in [2.75, 3.05) is 25.6 Å². The third-order valence-electron chi connectivity index (χ3n) is 4.06. The summed E-state index contributed by atoms with van der Waals surface area (Å²) in [6, 6.07) is 13.2. The van der Waals surface area contributed by atoms with Crippen molar-refractivity contribution in [2.24, 2.45) is 0 Å². The molecule has 0 fully saturated rings. The van der Waals surface area contributed by atoms with Crippen molar-refractivity contribution in [1.82, 2.24) is 4.90 Å². The fraction of sp³-hybridized carbons (Fsp3) is 0.300. The summed E-state index contributed by atoms with van der Waals surface area (Å²) in [4.78, 5) is 27.2. The van der Waals surface area contributed by atoms with Crippen molar-refractivity contribution < 1.29 is 14.3 Å². The summed E-state index contributed by atoms with van der Waals surface area (Å²) in [6.07, 6.45) is 1.12. The Hall–Kier alpha value is -2.34. The van der Waals surface area contributed by atoms with Crippen LogP contribution in [0.4, 0.5) is 10.5 Å². The van der Waals surface area contributed by atoms with Gasteiger partial charge in [0.15, 0.2) is 0 Å². The molecule has 26 heavy (non-hydrogen) atoms. The predicted molar refractivity (Wildman–Crippen MR) is 107 cm³/mol. The van der Waals surface area contributed by atoms with Gasteiger partial charge in [-0.2, -0.15) is 0 Å². The second-order valence-corrected chi connectivity index (χ2v) is 6.94. The lowest BCUT2D eigenvalue weighted by Crippen LogP contribution is -2.42. The summed E-state index contributed by atoms with van der Waals surface area (Å²) in [5.74, 6) is 0.779. The largest absolute Gasteiger partial charge is 0.497 e. The van der Waals surface area contributed by atoms with Crippen LogP contribution in [0.1, 0.15) is 17.5 Å². The van der Waals surface area contributed by atoms with E-state index in [0.717, 1.165) is 33.3 Å². The van der Waals surface area contributed by atoms with Gasteiger partial charge in [-0.1, -0.05) is 28.1 Å². The lowest BCUT2D eigenvalue weighted by atomic mass is 10.1. The highest BCUT2D eigenvalue weighted by molar-refractivity contribution is 9.10. The minimum atomic E-state index is -0.145. The normalized spacial score (nSPS) is 10.3. The number of methoxy groups -OCH3 is 1. The van der Waals surface area contributed by atoms with Gasteiger partial charge in [0, 0.05) is 36.7 Å². The lowest BCUT2D eigenvalue weighted by Gasteiger charge is -2.29. The van der Waals surface area contributed by atoms with E-state index in [1.807, 2.05) is 49.4 Å². The van der Waals surface area contributed by atoms with Crippen LogP contribution >= 0.6 is 15.9 Å². The zero-order valence-electron chi connectivity index (χ0n) is 15.2. The van der Waals surface area contributed by atoms with Gasteiger partial charge in [0.25, 0.3) is 0 Å². The van der Waals surface area contributed by atoms with E-state index in [1.165, 1.54) is 0 Å². The highest BCUT2D eigenvalue weighted by Crippen LogP contribution is 2.25. The number of anilines is 1. The molecule has 2 aromatic rings. The molecule has 0 radical (unpaired) electrons. The zero-order chi connectivity index (χ0) is 19.1. The van der Waals surface area contributed by atoms with Crippen molar-refractivity contribution in [1.29, 1.82) is 0 Å². The van der Waals surface area contributed by atoms with Crippen LogP contribution in [0.3, 0.4) is 0 Å². The first-order chi connectivity index (χ1) is 12.5. The first kappa shape index (κ1) is 20.0. The molecule has 0 spiro atoms. The number of halogens is 1. The van der Waals surface area contributed by atoms with Crippen LogP contribution in [0, 0.1) is 6.92 Å². The smallest absolute Gasteiger partial charge is 0.324 e. The molecular weight excluding hydrogens is 396 g/mol. The summed E-state index contributed by atoms with van der Waals surface area (Å²) in [5.41, 5.74) is 2.78. The number of hydrogen-bond donors (Lipinski definition) is 0. The summed E-state index contributed by atoms with van der Waals surface area (Å²) in [6.45, 7) is 2.76. The van der Waals surface area contributed by atoms with Gasteiger partial charge < -0.3 is 14.4 Å². The summed E-state index contributed by atoms with van der Waals surface area (Å²) in [5, 5.41) is 0. The van der Waals surface area contributed by atoms with Crippen LogP contribution in [0.2, 0.25) is 0 Å². The average molecular weight is 419 g/mol. The minimum absolute atomic E-state index is 0.145. The van der Waals surface area contributed by atoms with E-state index in [-0.39, 0.29) is 12.5 Å². The van der Waals surface area contributed by atoms with Gasteiger partial charge in [-0.15, -0.1) is 0 Å². The number of carbonyl (C=O) groups is 2. The molecule has 0 aliphatic rings. The Labute approximate surface area is 162 Å². The lowest BCUT2D eigenvalue weighted by molar-refractivity contribution is -0.107. The fourth-order valence-corrected chi connectivity index (χ4v) is 3.18. The Morgan fingerprint density at radius 2 is 1.88 bits per heavy atom. The summed E-state index contributed by atoms with van der Waals surface area (Å²) in [7, 11) is 3.38. The second-order valence-electron chi connectivity index (χ2n) is 6.02. The number of aryl methyl sites for hydroxylation is 1. The van der Waals surface area contributed by atoms with E-state index in [1.54, 1.807) is 24.0 Å². The van der Waals surface area contributed by atoms with Gasteiger partial charge >= 0.3 is 6.03 Å². The second kappa shape index (κ2) is 9.38. The quantitative estimate of drug-likeness (QED) is 0.625. The molecule has 0 aliphatic heterocycles. The van der Waals surface area contributed by atoms with E-state index in [4.69, 9.17) is 4.74 Å². The Morgan fingerprint density at radius 3 is 2.46 bits per heavy atom. The molecule has 138 valence electrons. The van der Waals surface area contributed by atoms with Crippen molar-refractivity contribution in [3.63, 3.8) is 0 Å². The third-order valence-corrected chi connectivity index (χ3v) is 4.55. The summed E-state index contributed by atoms with van der Waals surface area (Å²) < 4.78 is 6.11. The molecule has 0 aromatic heterocycles. The summed E-state index contributed by atoms with van der Waals surface area (Å²) >= 11 is 3.44. The Morgan fingerprint density at radius 1 is 1.19 bits per heavy atom. The van der Waals surface area contributed by atoms with Crippen LogP contribution in [-0.4, -0.2) is 37.9 Å². The van der Waals surface area contributed by atoms with Crippen molar-refractivity contribution in [3.05, 3.63) is 58.1 Å². The van der Waals surface area contributed by atoms with Gasteiger partial charge in [-0.25, -0.2) is 4.79 Å². The van der Waals surface area contributed by atoms with Crippen LogP contribution in [0.15, 0.2) is 46.9 Å². The molecule has 2 rings (SSSR count). The molecule has 0 N–H and O–H groups in total. The Balaban J connectivity index is 2.19. The number of ether oxygens (including phenoxy) is 1. The molecule has 0 atom stereocenters. The highest BCUT2D eigenvalue weighted by atomic mass is 79.9. The first-order valence-electron chi connectivity index (χ1n) is 8.31. The number of benzene rings is 2. The van der Waals surface area contributed by atoms with E-state index in [0.29, 0.717) is 13.1 Å². The standard InChI is InChI=1S/C20H23BrN2O3/c1-15-13-17(21)7-10-19(15)23(11-4-12-24)20(25)22(2)14-16-5-8-18(26-3)9-6-16/h5-10,12-13H,4,11,14H2,1-3H3. The predicted octanol–water partition coefficient (Wildman–Crippen LogP) is 4.41. The molecule has 0 unspecified atom stereocenters. The first-order valence-corrected chi connectivity index (χ1v) is 9.11. The number of urea groups is 1. The highest BCUT2D eigenvalue weighted by Gasteiger charge is 2.21. The Kier molecular flexibility index (Phi) is 7.21. The number of nitrogens with zero attached hydrogens (tertiary/aromatic N) is 2. The molecule has 0 saturated heterocycles. The van der Waals surface area contributed by atoms with Gasteiger partial charge in [0.2, 0.25) is 0 Å². The Bertz CT molecular complexity index is 762. The fourth-order valence-electron chi connectivity index (χ4n) is 2.70. The molecular formula is C20H23BrN2O3. The average Bonchev–Trinajstić information content (AvgIpc) is 2.63. The van der Waals surface area contributed by atoms with Crippen LogP contribution in [0.5, 0.6) is 5.75 Å². The maximum absolute atomic E-state index is 13.0. The maximum atomic E-state index is 13.0. The number of hydrogen-bond acceptors (Lipinski definition) is 3. The molecule has 6 heteroatoms. The number of carbonyl (C=O) groups excluding carboxylic acids is 2. The van der Waals surface area contributed by atoms with E-state index in [9.17, 15) is 9.59 Å². The van der Waals surface area contributed by atoms with Crippen molar-refractivity contribution in [3.8, 4) is 5.75 Å². The van der Waals surface area contributed by atoms with E-state index < -0.39 is 0 Å². The number of rotatable bonds is 7. The minimum Gasteiger partial charge on any atom is -0.497 e. The molecule has 0 saturated carbocycles. The van der Waals surface area contributed by atoms with Crippen LogP contribution < -0.4 is 9.64 Å². The number of aldehydes is 1. The monoisotopic (exact) mass is 418 g/mol. The van der Waals surface area contributed by atoms with Crippen LogP contribution in [-0.2, 0) is 11.3 Å². The third kappa shape index (κ3) is 5.08. The molecule has 0 bridgehead atoms. The van der Waals surface area contributed by atoms with Gasteiger partial charge in [0.05, 0.1) is 7.11 Å². The zero-order valence-corrected chi connectivity index (χ0v) is 16.8. The molecule has 2 aromatic carbocycles. The van der Waals surface area contributed by atoms with E-state index >= 15 is 0 Å². The topological polar surface area (TPSA) is 49.9 Å². The van der Waals surface area contributed by atoms with Gasteiger partial charge in [-0.3, -0.25) is 4.90 Å². The van der Waals surface area contributed by atoms with Crippen LogP contribution in [0.25, 0.3) is 0 Å².